The smallest absolute Gasteiger partial charge is 0.101 e. The standard InChI is InChI=1S/C13H22N2O2/c1-3-9-17-10-12(15-14)13(16-2)11-7-5-4-6-8-11/h4-8,12-13,15H,3,9-10,14H2,1-2H3. The predicted molar refractivity (Wildman–Crippen MR) is 68.4 cm³/mol. The van der Waals surface area contributed by atoms with Gasteiger partial charge < -0.3 is 9.47 Å². The molecule has 4 nitrogen and oxygen atoms in total. The van der Waals surface area contributed by atoms with Crippen LogP contribution in [-0.2, 0) is 9.47 Å². The first-order valence-electron chi connectivity index (χ1n) is 5.95. The molecule has 17 heavy (non-hydrogen) atoms. The molecule has 0 aromatic heterocycles. The van der Waals surface area contributed by atoms with Gasteiger partial charge in [-0.3, -0.25) is 11.3 Å². The van der Waals surface area contributed by atoms with Crippen LogP contribution in [0, 0.1) is 0 Å². The normalized spacial score (nSPS) is 14.5. The number of nitrogens with one attached hydrogen (secondary N) is 1. The van der Waals surface area contributed by atoms with E-state index >= 15 is 0 Å². The van der Waals surface area contributed by atoms with E-state index in [0.717, 1.165) is 18.6 Å². The third-order valence-electron chi connectivity index (χ3n) is 2.61. The summed E-state index contributed by atoms with van der Waals surface area (Å²) in [5, 5.41) is 0. The van der Waals surface area contributed by atoms with Gasteiger partial charge in [0.05, 0.1) is 12.6 Å². The maximum absolute atomic E-state index is 5.56. The minimum Gasteiger partial charge on any atom is -0.380 e. The Kier molecular flexibility index (Phi) is 6.81. The van der Waals surface area contributed by atoms with Crippen LogP contribution in [0.15, 0.2) is 30.3 Å². The first-order valence-corrected chi connectivity index (χ1v) is 5.95. The molecule has 4 heteroatoms. The largest absolute Gasteiger partial charge is 0.380 e. The van der Waals surface area contributed by atoms with Crippen molar-refractivity contribution in [2.45, 2.75) is 25.5 Å². The number of rotatable bonds is 8. The molecular formula is C13H22N2O2. The second-order valence-corrected chi connectivity index (χ2v) is 3.92. The summed E-state index contributed by atoms with van der Waals surface area (Å²) in [4.78, 5) is 0. The molecule has 2 unspecified atom stereocenters. The van der Waals surface area contributed by atoms with Crippen LogP contribution in [0.2, 0.25) is 0 Å². The highest BCUT2D eigenvalue weighted by Crippen LogP contribution is 2.20. The third-order valence-corrected chi connectivity index (χ3v) is 2.61. The summed E-state index contributed by atoms with van der Waals surface area (Å²) in [6.07, 6.45) is 0.901. The first kappa shape index (κ1) is 14.1. The second-order valence-electron chi connectivity index (χ2n) is 3.92. The zero-order valence-electron chi connectivity index (χ0n) is 10.6. The predicted octanol–water partition coefficient (Wildman–Crippen LogP) is 1.63. The van der Waals surface area contributed by atoms with Gasteiger partial charge in [-0.1, -0.05) is 37.3 Å². The number of ether oxygens (including phenoxy) is 2. The third kappa shape index (κ3) is 4.44. The molecule has 0 bridgehead atoms. The molecule has 0 amide bonds. The minimum atomic E-state index is -0.0990. The molecule has 0 saturated heterocycles. The van der Waals surface area contributed by atoms with Crippen LogP contribution in [-0.4, -0.2) is 26.4 Å². The van der Waals surface area contributed by atoms with Crippen LogP contribution in [0.5, 0.6) is 0 Å². The Bertz CT molecular complexity index is 293. The van der Waals surface area contributed by atoms with E-state index in [2.05, 4.69) is 12.3 Å². The summed E-state index contributed by atoms with van der Waals surface area (Å²) in [5.41, 5.74) is 3.86. The molecule has 1 aromatic rings. The average Bonchev–Trinajstić information content (AvgIpc) is 2.39. The van der Waals surface area contributed by atoms with Gasteiger partial charge >= 0.3 is 0 Å². The maximum Gasteiger partial charge on any atom is 0.101 e. The molecule has 0 aliphatic rings. The highest BCUT2D eigenvalue weighted by molar-refractivity contribution is 5.19. The fourth-order valence-corrected chi connectivity index (χ4v) is 1.75. The monoisotopic (exact) mass is 238 g/mol. The molecule has 2 atom stereocenters. The number of methoxy groups -OCH3 is 1. The Labute approximate surface area is 103 Å². The van der Waals surface area contributed by atoms with E-state index in [1.807, 2.05) is 30.3 Å². The van der Waals surface area contributed by atoms with Crippen LogP contribution in [0.25, 0.3) is 0 Å². The lowest BCUT2D eigenvalue weighted by atomic mass is 10.0. The molecule has 0 aliphatic heterocycles. The second kappa shape index (κ2) is 8.20. The SMILES string of the molecule is CCCOCC(NN)C(OC)c1ccccc1. The van der Waals surface area contributed by atoms with E-state index in [9.17, 15) is 0 Å². The van der Waals surface area contributed by atoms with Crippen molar-refractivity contribution in [1.82, 2.24) is 5.43 Å². The summed E-state index contributed by atoms with van der Waals surface area (Å²) in [7, 11) is 1.68. The van der Waals surface area contributed by atoms with Crippen LogP contribution >= 0.6 is 0 Å². The maximum atomic E-state index is 5.56. The Morgan fingerprint density at radius 2 is 2.00 bits per heavy atom. The Balaban J connectivity index is 2.63. The molecule has 0 saturated carbocycles. The van der Waals surface area contributed by atoms with Crippen molar-refractivity contribution in [2.75, 3.05) is 20.3 Å². The lowest BCUT2D eigenvalue weighted by Crippen LogP contribution is -2.43. The molecule has 0 heterocycles. The highest BCUT2D eigenvalue weighted by Gasteiger charge is 2.21. The van der Waals surface area contributed by atoms with Crippen molar-refractivity contribution in [3.8, 4) is 0 Å². The molecule has 3 N–H and O–H groups in total. The van der Waals surface area contributed by atoms with E-state index in [1.165, 1.54) is 0 Å². The zero-order chi connectivity index (χ0) is 12.5. The van der Waals surface area contributed by atoms with Gasteiger partial charge in [0.25, 0.3) is 0 Å². The quantitative estimate of drug-likeness (QED) is 0.410. The van der Waals surface area contributed by atoms with Crippen molar-refractivity contribution in [1.29, 1.82) is 0 Å². The van der Waals surface area contributed by atoms with E-state index in [0.29, 0.717) is 6.61 Å². The Morgan fingerprint density at radius 1 is 1.29 bits per heavy atom. The van der Waals surface area contributed by atoms with E-state index < -0.39 is 0 Å². The van der Waals surface area contributed by atoms with Gasteiger partial charge in [0.2, 0.25) is 0 Å². The zero-order valence-corrected chi connectivity index (χ0v) is 10.6. The van der Waals surface area contributed by atoms with Gasteiger partial charge in [-0.2, -0.15) is 0 Å². The summed E-state index contributed by atoms with van der Waals surface area (Å²) >= 11 is 0. The molecular weight excluding hydrogens is 216 g/mol. The Morgan fingerprint density at radius 3 is 2.53 bits per heavy atom. The van der Waals surface area contributed by atoms with Crippen molar-refractivity contribution < 1.29 is 9.47 Å². The minimum absolute atomic E-state index is 0.0473. The molecule has 1 rings (SSSR count). The van der Waals surface area contributed by atoms with Gasteiger partial charge in [0.1, 0.15) is 6.10 Å². The fraction of sp³-hybridized carbons (Fsp3) is 0.538. The number of nitrogens with two attached hydrogens (primary N) is 1. The molecule has 1 aromatic carbocycles. The lowest BCUT2D eigenvalue weighted by Gasteiger charge is -2.25. The van der Waals surface area contributed by atoms with E-state index in [4.69, 9.17) is 15.3 Å². The summed E-state index contributed by atoms with van der Waals surface area (Å²) in [6.45, 7) is 3.36. The number of hydrazine groups is 1. The summed E-state index contributed by atoms with van der Waals surface area (Å²) in [5.74, 6) is 5.56. The molecule has 0 radical (unpaired) electrons. The number of hydrogen-bond donors (Lipinski definition) is 2. The van der Waals surface area contributed by atoms with Crippen molar-refractivity contribution in [3.63, 3.8) is 0 Å². The van der Waals surface area contributed by atoms with Crippen molar-refractivity contribution in [2.24, 2.45) is 5.84 Å². The van der Waals surface area contributed by atoms with Crippen LogP contribution in [0.1, 0.15) is 25.0 Å². The molecule has 96 valence electrons. The summed E-state index contributed by atoms with van der Waals surface area (Å²) < 4.78 is 11.0. The number of benzene rings is 1. The number of hydrogen-bond acceptors (Lipinski definition) is 4. The lowest BCUT2D eigenvalue weighted by molar-refractivity contribution is 0.0201. The molecule has 0 fully saturated rings. The summed E-state index contributed by atoms with van der Waals surface area (Å²) in [6, 6.07) is 9.96. The fourth-order valence-electron chi connectivity index (χ4n) is 1.75. The van der Waals surface area contributed by atoms with Crippen LogP contribution in [0.4, 0.5) is 0 Å². The van der Waals surface area contributed by atoms with Crippen LogP contribution < -0.4 is 11.3 Å². The molecule has 0 spiro atoms. The average molecular weight is 238 g/mol. The van der Waals surface area contributed by atoms with Gasteiger partial charge in [0.15, 0.2) is 0 Å². The van der Waals surface area contributed by atoms with Gasteiger partial charge in [0, 0.05) is 13.7 Å². The van der Waals surface area contributed by atoms with Crippen molar-refractivity contribution in [3.05, 3.63) is 35.9 Å². The van der Waals surface area contributed by atoms with E-state index in [1.54, 1.807) is 7.11 Å². The molecule has 0 aliphatic carbocycles. The first-order chi connectivity index (χ1) is 8.33. The Hall–Kier alpha value is -0.940. The topological polar surface area (TPSA) is 56.5 Å². The highest BCUT2D eigenvalue weighted by atomic mass is 16.5. The van der Waals surface area contributed by atoms with Gasteiger partial charge in [-0.05, 0) is 12.0 Å². The van der Waals surface area contributed by atoms with Gasteiger partial charge in [-0.25, -0.2) is 0 Å². The van der Waals surface area contributed by atoms with Crippen LogP contribution in [0.3, 0.4) is 0 Å². The van der Waals surface area contributed by atoms with E-state index in [-0.39, 0.29) is 12.1 Å². The van der Waals surface area contributed by atoms with Crippen molar-refractivity contribution >= 4 is 0 Å². The van der Waals surface area contributed by atoms with Gasteiger partial charge in [-0.15, -0.1) is 0 Å².